The molecule has 0 aliphatic carbocycles. The second-order valence-corrected chi connectivity index (χ2v) is 4.89. The Balaban J connectivity index is 1.84. The average molecular weight is 285 g/mol. The lowest BCUT2D eigenvalue weighted by molar-refractivity contribution is 0.482. The molecule has 0 saturated heterocycles. The fourth-order valence-electron chi connectivity index (χ4n) is 1.87. The van der Waals surface area contributed by atoms with Gasteiger partial charge in [0.2, 0.25) is 0 Å². The Morgan fingerprint density at radius 3 is 2.50 bits per heavy atom. The lowest BCUT2D eigenvalue weighted by Crippen LogP contribution is -1.94. The zero-order valence-electron chi connectivity index (χ0n) is 11.0. The van der Waals surface area contributed by atoms with Gasteiger partial charge in [0.25, 0.3) is 0 Å². The van der Waals surface area contributed by atoms with E-state index < -0.39 is 0 Å². The van der Waals surface area contributed by atoms with Crippen molar-refractivity contribution in [2.24, 2.45) is 0 Å². The third kappa shape index (κ3) is 2.68. The summed E-state index contributed by atoms with van der Waals surface area (Å²) < 4.78 is 7.45. The van der Waals surface area contributed by atoms with Crippen LogP contribution in [0.5, 0.6) is 11.5 Å². The lowest BCUT2D eigenvalue weighted by atomic mass is 10.2. The van der Waals surface area contributed by atoms with Gasteiger partial charge in [-0.3, -0.25) is 0 Å². The molecule has 100 valence electrons. The second-order valence-electron chi connectivity index (χ2n) is 4.49. The number of benzene rings is 2. The molecule has 0 amide bonds. The van der Waals surface area contributed by atoms with Crippen LogP contribution in [-0.2, 0) is 0 Å². The number of aromatic nitrogens is 2. The molecular weight excluding hydrogens is 272 g/mol. The second kappa shape index (κ2) is 5.39. The Labute approximate surface area is 122 Å². The van der Waals surface area contributed by atoms with Gasteiger partial charge in [0.05, 0.1) is 23.1 Å². The van der Waals surface area contributed by atoms with Gasteiger partial charge in [0, 0.05) is 0 Å². The molecule has 3 rings (SSSR count). The van der Waals surface area contributed by atoms with Crippen molar-refractivity contribution in [2.45, 2.75) is 6.92 Å². The summed E-state index contributed by atoms with van der Waals surface area (Å²) in [6, 6.07) is 15.4. The van der Waals surface area contributed by atoms with Crippen molar-refractivity contribution in [1.29, 1.82) is 0 Å². The fraction of sp³-hybridized carbons (Fsp3) is 0.0625. The predicted octanol–water partition coefficient (Wildman–Crippen LogP) is 4.63. The fourth-order valence-corrected chi connectivity index (χ4v) is 2.09. The summed E-state index contributed by atoms with van der Waals surface area (Å²) in [7, 11) is 0. The SMILES string of the molecule is Cc1ccc(Oc2cnn(-c3ccccc3Cl)c2)cc1. The van der Waals surface area contributed by atoms with Crippen molar-refractivity contribution in [3.05, 3.63) is 71.5 Å². The van der Waals surface area contributed by atoms with Crippen LogP contribution in [0.3, 0.4) is 0 Å². The predicted molar refractivity (Wildman–Crippen MR) is 79.8 cm³/mol. The van der Waals surface area contributed by atoms with E-state index in [-0.39, 0.29) is 0 Å². The van der Waals surface area contributed by atoms with Crippen molar-refractivity contribution < 1.29 is 4.74 Å². The van der Waals surface area contributed by atoms with E-state index in [0.717, 1.165) is 11.4 Å². The minimum atomic E-state index is 0.650. The monoisotopic (exact) mass is 284 g/mol. The van der Waals surface area contributed by atoms with Gasteiger partial charge in [-0.25, -0.2) is 4.68 Å². The molecule has 1 aromatic heterocycles. The molecule has 0 fully saturated rings. The number of nitrogens with zero attached hydrogens (tertiary/aromatic N) is 2. The van der Waals surface area contributed by atoms with Crippen LogP contribution in [0.4, 0.5) is 0 Å². The van der Waals surface area contributed by atoms with Crippen LogP contribution in [0.15, 0.2) is 60.9 Å². The molecule has 0 unspecified atom stereocenters. The van der Waals surface area contributed by atoms with Crippen molar-refractivity contribution in [3.8, 4) is 17.2 Å². The molecular formula is C16H13ClN2O. The Kier molecular flexibility index (Phi) is 3.44. The van der Waals surface area contributed by atoms with Gasteiger partial charge in [0.1, 0.15) is 5.75 Å². The van der Waals surface area contributed by atoms with E-state index in [2.05, 4.69) is 5.10 Å². The molecule has 20 heavy (non-hydrogen) atoms. The number of halogens is 1. The van der Waals surface area contributed by atoms with E-state index >= 15 is 0 Å². The van der Waals surface area contributed by atoms with Crippen molar-refractivity contribution in [1.82, 2.24) is 9.78 Å². The first kappa shape index (κ1) is 12.8. The number of aryl methyl sites for hydroxylation is 1. The number of hydrogen-bond donors (Lipinski definition) is 0. The largest absolute Gasteiger partial charge is 0.454 e. The summed E-state index contributed by atoms with van der Waals surface area (Å²) in [5.74, 6) is 1.46. The Hall–Kier alpha value is -2.26. The maximum absolute atomic E-state index is 6.14. The highest BCUT2D eigenvalue weighted by molar-refractivity contribution is 6.32. The number of rotatable bonds is 3. The normalized spacial score (nSPS) is 10.5. The highest BCUT2D eigenvalue weighted by Crippen LogP contribution is 2.24. The van der Waals surface area contributed by atoms with Crippen molar-refractivity contribution in [2.75, 3.05) is 0 Å². The Bertz CT molecular complexity index is 719. The highest BCUT2D eigenvalue weighted by atomic mass is 35.5. The van der Waals surface area contributed by atoms with Gasteiger partial charge in [-0.05, 0) is 31.2 Å². The number of ether oxygens (including phenoxy) is 1. The van der Waals surface area contributed by atoms with Gasteiger partial charge < -0.3 is 4.74 Å². The van der Waals surface area contributed by atoms with Crippen LogP contribution < -0.4 is 4.74 Å². The van der Waals surface area contributed by atoms with E-state index in [1.54, 1.807) is 17.1 Å². The molecule has 2 aromatic carbocycles. The molecule has 0 radical (unpaired) electrons. The maximum atomic E-state index is 6.14. The molecule has 0 saturated carbocycles. The minimum absolute atomic E-state index is 0.650. The molecule has 0 bridgehead atoms. The molecule has 3 aromatic rings. The summed E-state index contributed by atoms with van der Waals surface area (Å²) in [5, 5.41) is 4.92. The smallest absolute Gasteiger partial charge is 0.165 e. The van der Waals surface area contributed by atoms with Crippen molar-refractivity contribution >= 4 is 11.6 Å². The number of hydrogen-bond acceptors (Lipinski definition) is 2. The van der Waals surface area contributed by atoms with Gasteiger partial charge in [-0.15, -0.1) is 0 Å². The van der Waals surface area contributed by atoms with E-state index in [1.165, 1.54) is 5.56 Å². The summed E-state index contributed by atoms with van der Waals surface area (Å²) >= 11 is 6.14. The summed E-state index contributed by atoms with van der Waals surface area (Å²) in [4.78, 5) is 0. The molecule has 0 aliphatic rings. The standard InChI is InChI=1S/C16H13ClN2O/c1-12-6-8-13(9-7-12)20-14-10-18-19(11-14)16-5-3-2-4-15(16)17/h2-11H,1H3. The first-order valence-corrected chi connectivity index (χ1v) is 6.64. The van der Waals surface area contributed by atoms with E-state index in [9.17, 15) is 0 Å². The zero-order valence-corrected chi connectivity index (χ0v) is 11.7. The average Bonchev–Trinajstić information content (AvgIpc) is 2.90. The number of para-hydroxylation sites is 1. The quantitative estimate of drug-likeness (QED) is 0.701. The van der Waals surface area contributed by atoms with Crippen LogP contribution in [-0.4, -0.2) is 9.78 Å². The zero-order chi connectivity index (χ0) is 13.9. The Morgan fingerprint density at radius 2 is 1.75 bits per heavy atom. The third-order valence-corrected chi connectivity index (χ3v) is 3.23. The van der Waals surface area contributed by atoms with Gasteiger partial charge in [-0.2, -0.15) is 5.10 Å². The molecule has 1 heterocycles. The topological polar surface area (TPSA) is 27.1 Å². The summed E-state index contributed by atoms with van der Waals surface area (Å²) in [5.41, 5.74) is 2.03. The van der Waals surface area contributed by atoms with E-state index in [1.807, 2.05) is 55.5 Å². The summed E-state index contributed by atoms with van der Waals surface area (Å²) in [6.07, 6.45) is 3.48. The van der Waals surface area contributed by atoms with Gasteiger partial charge in [-0.1, -0.05) is 41.4 Å². The van der Waals surface area contributed by atoms with Crippen LogP contribution in [0.1, 0.15) is 5.56 Å². The Morgan fingerprint density at radius 1 is 1.00 bits per heavy atom. The lowest BCUT2D eigenvalue weighted by Gasteiger charge is -2.04. The first-order chi connectivity index (χ1) is 9.72. The molecule has 3 nitrogen and oxygen atoms in total. The van der Waals surface area contributed by atoms with E-state index in [4.69, 9.17) is 16.3 Å². The molecule has 0 N–H and O–H groups in total. The van der Waals surface area contributed by atoms with Gasteiger partial charge >= 0.3 is 0 Å². The van der Waals surface area contributed by atoms with Crippen LogP contribution >= 0.6 is 11.6 Å². The van der Waals surface area contributed by atoms with Crippen LogP contribution in [0.25, 0.3) is 5.69 Å². The molecule has 4 heteroatoms. The van der Waals surface area contributed by atoms with E-state index in [0.29, 0.717) is 10.8 Å². The minimum Gasteiger partial charge on any atom is -0.454 e. The maximum Gasteiger partial charge on any atom is 0.165 e. The van der Waals surface area contributed by atoms with Crippen LogP contribution in [0.2, 0.25) is 5.02 Å². The van der Waals surface area contributed by atoms with Crippen LogP contribution in [0, 0.1) is 6.92 Å². The van der Waals surface area contributed by atoms with Crippen molar-refractivity contribution in [3.63, 3.8) is 0 Å². The third-order valence-electron chi connectivity index (χ3n) is 2.91. The molecule has 0 aliphatic heterocycles. The first-order valence-electron chi connectivity index (χ1n) is 6.26. The van der Waals surface area contributed by atoms with Gasteiger partial charge in [0.15, 0.2) is 5.75 Å². The molecule has 0 atom stereocenters. The summed E-state index contributed by atoms with van der Waals surface area (Å²) in [6.45, 7) is 2.04. The molecule has 0 spiro atoms. The highest BCUT2D eigenvalue weighted by Gasteiger charge is 2.05.